The van der Waals surface area contributed by atoms with Gasteiger partial charge in [0.1, 0.15) is 35.4 Å². The zero-order valence-electron chi connectivity index (χ0n) is 22.7. The smallest absolute Gasteiger partial charge is 0.490 e. The van der Waals surface area contributed by atoms with E-state index in [1.165, 1.54) is 17.9 Å². The zero-order valence-corrected chi connectivity index (χ0v) is 23.6. The van der Waals surface area contributed by atoms with Crippen molar-refractivity contribution in [3.8, 4) is 34.1 Å². The second-order valence-corrected chi connectivity index (χ2v) is 11.4. The van der Waals surface area contributed by atoms with Gasteiger partial charge in [-0.2, -0.15) is 26.7 Å². The van der Waals surface area contributed by atoms with E-state index < -0.39 is 45.3 Å². The Morgan fingerprint density at radius 3 is 2.49 bits per heavy atom. The van der Waals surface area contributed by atoms with Crippen molar-refractivity contribution in [1.82, 2.24) is 19.7 Å². The maximum Gasteiger partial charge on any atom is 0.534 e. The summed E-state index contributed by atoms with van der Waals surface area (Å²) in [7, 11) is -4.74. The van der Waals surface area contributed by atoms with Crippen LogP contribution in [-0.4, -0.2) is 71.7 Å². The molecule has 5 rings (SSSR count). The van der Waals surface area contributed by atoms with Crippen LogP contribution in [0.5, 0.6) is 11.6 Å². The Bertz CT molecular complexity index is 1690. The van der Waals surface area contributed by atoms with Gasteiger partial charge in [0, 0.05) is 36.9 Å². The van der Waals surface area contributed by atoms with Crippen LogP contribution in [0.4, 0.5) is 26.7 Å². The molecule has 17 heteroatoms. The van der Waals surface area contributed by atoms with E-state index in [1.54, 1.807) is 6.92 Å². The number of hydrogen-bond donors (Lipinski definition) is 1. The molecule has 11 nitrogen and oxygen atoms in total. The van der Waals surface area contributed by atoms with Crippen LogP contribution in [0, 0.1) is 11.6 Å². The van der Waals surface area contributed by atoms with Crippen LogP contribution in [0.2, 0.25) is 0 Å². The molecule has 1 unspecified atom stereocenters. The molecular weight excluding hydrogens is 607 g/mol. The van der Waals surface area contributed by atoms with Crippen molar-refractivity contribution < 1.29 is 53.9 Å². The van der Waals surface area contributed by atoms with Crippen molar-refractivity contribution in [2.45, 2.75) is 44.3 Å². The largest absolute Gasteiger partial charge is 0.534 e. The first kappa shape index (κ1) is 30.5. The number of halogens is 5. The van der Waals surface area contributed by atoms with Gasteiger partial charge in [0.15, 0.2) is 0 Å². The van der Waals surface area contributed by atoms with E-state index in [2.05, 4.69) is 14.3 Å². The highest BCUT2D eigenvalue weighted by Gasteiger charge is 2.49. The Kier molecular flexibility index (Phi) is 7.98. The summed E-state index contributed by atoms with van der Waals surface area (Å²) in [6.45, 7) is 1.76. The highest BCUT2D eigenvalue weighted by atomic mass is 32.2. The van der Waals surface area contributed by atoms with Gasteiger partial charge in [-0.25, -0.2) is 18.6 Å². The molecule has 232 valence electrons. The topological polar surface area (TPSA) is 133 Å². The predicted molar refractivity (Wildman–Crippen MR) is 139 cm³/mol. The molecule has 0 saturated carbocycles. The summed E-state index contributed by atoms with van der Waals surface area (Å²) in [5, 5.41) is 14.0. The maximum absolute atomic E-state index is 15.7. The van der Waals surface area contributed by atoms with Crippen molar-refractivity contribution in [2.24, 2.45) is 0 Å². The first-order valence-electron chi connectivity index (χ1n) is 13.0. The Labute approximate surface area is 241 Å². The molecule has 1 N–H and O–H groups in total. The molecule has 1 amide bonds. The lowest BCUT2D eigenvalue weighted by Crippen LogP contribution is -2.40. The average Bonchev–Trinajstić information content (AvgIpc) is 3.57. The number of methoxy groups -OCH3 is 1. The van der Waals surface area contributed by atoms with Gasteiger partial charge in [-0.3, -0.25) is 9.58 Å². The number of aromatic nitrogens is 3. The van der Waals surface area contributed by atoms with Gasteiger partial charge in [0.2, 0.25) is 5.88 Å². The highest BCUT2D eigenvalue weighted by molar-refractivity contribution is 7.88. The number of nitrogens with zero attached hydrogens (tertiary/aromatic N) is 4. The molecule has 0 bridgehead atoms. The maximum atomic E-state index is 15.7. The fourth-order valence-electron chi connectivity index (χ4n) is 5.32. The number of ether oxygens (including phenoxy) is 2. The van der Waals surface area contributed by atoms with Crippen molar-refractivity contribution >= 4 is 16.2 Å². The van der Waals surface area contributed by atoms with Crippen LogP contribution in [-0.2, 0) is 34.2 Å². The van der Waals surface area contributed by atoms with Crippen LogP contribution >= 0.6 is 0 Å². The van der Waals surface area contributed by atoms with Crippen LogP contribution in [0.25, 0.3) is 22.5 Å². The van der Waals surface area contributed by atoms with E-state index >= 15 is 4.39 Å². The van der Waals surface area contributed by atoms with Gasteiger partial charge >= 0.3 is 21.7 Å². The number of fused-ring (bicyclic) bond motifs is 2. The molecule has 43 heavy (non-hydrogen) atoms. The van der Waals surface area contributed by atoms with Crippen molar-refractivity contribution in [1.29, 1.82) is 0 Å². The Hall–Kier alpha value is -3.99. The van der Waals surface area contributed by atoms with Crippen LogP contribution in [0.15, 0.2) is 18.2 Å². The number of carboxylic acid groups (broad SMARTS) is 1. The minimum atomic E-state index is -6.14. The van der Waals surface area contributed by atoms with E-state index in [4.69, 9.17) is 9.47 Å². The molecule has 1 aromatic carbocycles. The Balaban J connectivity index is 1.79. The van der Waals surface area contributed by atoms with E-state index in [0.717, 1.165) is 11.0 Å². The molecule has 2 aliphatic rings. The lowest BCUT2D eigenvalue weighted by atomic mass is 9.93. The first-order valence-corrected chi connectivity index (χ1v) is 14.4. The Morgan fingerprint density at radius 1 is 1.09 bits per heavy atom. The van der Waals surface area contributed by atoms with E-state index in [9.17, 15) is 35.9 Å². The van der Waals surface area contributed by atoms with Gasteiger partial charge in [-0.15, -0.1) is 0 Å². The average molecular weight is 633 g/mol. The number of alkyl halides is 3. The van der Waals surface area contributed by atoms with Crippen molar-refractivity contribution in [3.63, 3.8) is 0 Å². The van der Waals surface area contributed by atoms with E-state index in [-0.39, 0.29) is 78.5 Å². The third kappa shape index (κ3) is 5.58. The summed E-state index contributed by atoms with van der Waals surface area (Å²) in [6, 6.07) is 2.28. The Morgan fingerprint density at radius 2 is 1.81 bits per heavy atom. The molecule has 1 aliphatic carbocycles. The van der Waals surface area contributed by atoms with Gasteiger partial charge in [0.05, 0.1) is 30.5 Å². The van der Waals surface area contributed by atoms with Crippen LogP contribution in [0.3, 0.4) is 0 Å². The number of rotatable bonds is 8. The number of pyridine rings is 1. The molecule has 0 saturated heterocycles. The third-order valence-corrected chi connectivity index (χ3v) is 8.21. The van der Waals surface area contributed by atoms with Crippen LogP contribution in [0.1, 0.15) is 36.2 Å². The standard InChI is InChI=1S/C26H25F5N4O7S/c1-13-19-12-18(33-35(19)7-6-34(13)25(36)37)23-21(22-17(28)10-14(27)11-20(22)41-9-8-40-2)15-4-3-5-16(15)24(32-23)42-43(38,39)26(29,30)31/h10-13H,3-9H2,1-2H3,(H,36,37). The predicted octanol–water partition coefficient (Wildman–Crippen LogP) is 4.69. The quantitative estimate of drug-likeness (QED) is 0.163. The second kappa shape index (κ2) is 11.3. The van der Waals surface area contributed by atoms with Gasteiger partial charge in [-0.1, -0.05) is 0 Å². The molecular formula is C26H25F5N4O7S. The van der Waals surface area contributed by atoms with Crippen LogP contribution < -0.4 is 8.92 Å². The number of carbonyl (C=O) groups is 1. The lowest BCUT2D eigenvalue weighted by molar-refractivity contribution is -0.0501. The number of hydrogen-bond acceptors (Lipinski definition) is 8. The number of amides is 1. The monoisotopic (exact) mass is 632 g/mol. The molecule has 0 radical (unpaired) electrons. The van der Waals surface area contributed by atoms with E-state index in [0.29, 0.717) is 18.2 Å². The molecule has 3 heterocycles. The second-order valence-electron chi connectivity index (χ2n) is 9.87. The molecule has 3 aromatic rings. The molecule has 0 fully saturated rings. The van der Waals surface area contributed by atoms with Crippen molar-refractivity contribution in [3.05, 3.63) is 46.7 Å². The molecule has 2 aromatic heterocycles. The minimum Gasteiger partial charge on any atom is -0.490 e. The fourth-order valence-corrected chi connectivity index (χ4v) is 5.76. The van der Waals surface area contributed by atoms with Gasteiger partial charge in [-0.05, 0) is 37.8 Å². The fraction of sp³-hybridized carbons (Fsp3) is 0.423. The van der Waals surface area contributed by atoms with Gasteiger partial charge < -0.3 is 18.8 Å². The summed E-state index contributed by atoms with van der Waals surface area (Å²) in [4.78, 5) is 17.0. The minimum absolute atomic E-state index is 0.00682. The van der Waals surface area contributed by atoms with Gasteiger partial charge in [0.25, 0.3) is 0 Å². The summed E-state index contributed by atoms with van der Waals surface area (Å²) in [5.41, 5.74) is -5.67. The highest BCUT2D eigenvalue weighted by Crippen LogP contribution is 2.47. The van der Waals surface area contributed by atoms with E-state index in [1.807, 2.05) is 0 Å². The molecule has 0 spiro atoms. The zero-order chi connectivity index (χ0) is 31.3. The third-order valence-electron chi connectivity index (χ3n) is 7.26. The van der Waals surface area contributed by atoms with Crippen molar-refractivity contribution in [2.75, 3.05) is 26.9 Å². The SMILES string of the molecule is COCCOc1cc(F)cc(F)c1-c1c(-c2cc3n(n2)CCN(C(=O)O)C3C)nc(OS(=O)(=O)C(F)(F)F)c2c1CCC2. The first-order chi connectivity index (χ1) is 20.2. The summed E-state index contributed by atoms with van der Waals surface area (Å²) < 4.78 is 111. The molecule has 1 atom stereocenters. The number of benzene rings is 1. The normalized spacial score (nSPS) is 16.6. The molecule has 1 aliphatic heterocycles. The lowest BCUT2D eigenvalue weighted by Gasteiger charge is -2.31. The summed E-state index contributed by atoms with van der Waals surface area (Å²) >= 11 is 0. The summed E-state index contributed by atoms with van der Waals surface area (Å²) in [5.74, 6) is -3.14. The summed E-state index contributed by atoms with van der Waals surface area (Å²) in [6.07, 6.45) is -0.626.